The van der Waals surface area contributed by atoms with Crippen molar-refractivity contribution in [2.24, 2.45) is 0 Å². The van der Waals surface area contributed by atoms with Gasteiger partial charge in [-0.2, -0.15) is 0 Å². The standard InChI is InChI=1S/C14H21NO4S/c1-3-9-15-13(12-7-5-4-6-8-12)10-20(17,18)11-14(16)19-2/h4-8,13,15H,3,9-11H2,1-2H3. The molecule has 0 aliphatic heterocycles. The van der Waals surface area contributed by atoms with Crippen LogP contribution >= 0.6 is 0 Å². The number of ether oxygens (including phenoxy) is 1. The van der Waals surface area contributed by atoms with E-state index in [1.165, 1.54) is 7.11 Å². The van der Waals surface area contributed by atoms with Crippen molar-refractivity contribution in [2.75, 3.05) is 25.2 Å². The number of sulfone groups is 1. The summed E-state index contributed by atoms with van der Waals surface area (Å²) in [4.78, 5) is 11.1. The number of benzene rings is 1. The van der Waals surface area contributed by atoms with E-state index in [2.05, 4.69) is 10.1 Å². The van der Waals surface area contributed by atoms with Gasteiger partial charge in [-0.3, -0.25) is 4.79 Å². The molecule has 0 radical (unpaired) electrons. The third-order valence-corrected chi connectivity index (χ3v) is 4.35. The molecule has 0 bridgehead atoms. The minimum atomic E-state index is -3.51. The molecule has 0 aliphatic rings. The van der Waals surface area contributed by atoms with Crippen molar-refractivity contribution >= 4 is 15.8 Å². The Morgan fingerprint density at radius 3 is 2.50 bits per heavy atom. The largest absolute Gasteiger partial charge is 0.468 e. The third kappa shape index (κ3) is 5.71. The Morgan fingerprint density at radius 2 is 1.95 bits per heavy atom. The third-order valence-electron chi connectivity index (χ3n) is 2.83. The van der Waals surface area contributed by atoms with Gasteiger partial charge in [0.05, 0.1) is 12.9 Å². The Bertz CT molecular complexity index is 513. The van der Waals surface area contributed by atoms with Gasteiger partial charge in [-0.1, -0.05) is 37.3 Å². The van der Waals surface area contributed by atoms with Crippen LogP contribution in [-0.4, -0.2) is 39.5 Å². The van der Waals surface area contributed by atoms with Gasteiger partial charge in [0.1, 0.15) is 5.75 Å². The highest BCUT2D eigenvalue weighted by atomic mass is 32.2. The fourth-order valence-electron chi connectivity index (χ4n) is 1.83. The fourth-order valence-corrected chi connectivity index (χ4v) is 3.24. The summed E-state index contributed by atoms with van der Waals surface area (Å²) in [5.41, 5.74) is 0.898. The van der Waals surface area contributed by atoms with Crippen molar-refractivity contribution in [2.45, 2.75) is 19.4 Å². The van der Waals surface area contributed by atoms with Gasteiger partial charge in [-0.05, 0) is 18.5 Å². The molecule has 1 atom stereocenters. The molecule has 1 N–H and O–H groups in total. The maximum absolute atomic E-state index is 12.0. The topological polar surface area (TPSA) is 72.5 Å². The summed E-state index contributed by atoms with van der Waals surface area (Å²) in [6.07, 6.45) is 0.903. The molecule has 1 unspecified atom stereocenters. The van der Waals surface area contributed by atoms with Crippen molar-refractivity contribution in [3.63, 3.8) is 0 Å². The van der Waals surface area contributed by atoms with E-state index in [1.807, 2.05) is 37.3 Å². The number of rotatable bonds is 8. The second kappa shape index (κ2) is 8.01. The van der Waals surface area contributed by atoms with Gasteiger partial charge in [-0.25, -0.2) is 8.42 Å². The van der Waals surface area contributed by atoms with Gasteiger partial charge in [-0.15, -0.1) is 0 Å². The number of carbonyl (C=O) groups is 1. The second-order valence-electron chi connectivity index (χ2n) is 4.55. The van der Waals surface area contributed by atoms with Crippen LogP contribution in [0.2, 0.25) is 0 Å². The van der Waals surface area contributed by atoms with E-state index in [1.54, 1.807) is 0 Å². The lowest BCUT2D eigenvalue weighted by molar-refractivity contribution is -0.137. The summed E-state index contributed by atoms with van der Waals surface area (Å²) in [5, 5.41) is 3.20. The van der Waals surface area contributed by atoms with Crippen molar-refractivity contribution < 1.29 is 17.9 Å². The second-order valence-corrected chi connectivity index (χ2v) is 6.66. The molecule has 0 saturated carbocycles. The zero-order chi connectivity index (χ0) is 15.0. The Kier molecular flexibility index (Phi) is 6.67. The van der Waals surface area contributed by atoms with Crippen molar-refractivity contribution in [1.29, 1.82) is 0 Å². The number of methoxy groups -OCH3 is 1. The summed E-state index contributed by atoms with van der Waals surface area (Å²) < 4.78 is 28.4. The maximum atomic E-state index is 12.0. The minimum Gasteiger partial charge on any atom is -0.468 e. The summed E-state index contributed by atoms with van der Waals surface area (Å²) in [5.74, 6) is -1.43. The van der Waals surface area contributed by atoms with Gasteiger partial charge < -0.3 is 10.1 Å². The van der Waals surface area contributed by atoms with Gasteiger partial charge in [0.25, 0.3) is 0 Å². The number of nitrogens with one attached hydrogen (secondary N) is 1. The highest BCUT2D eigenvalue weighted by Gasteiger charge is 2.23. The number of hydrogen-bond acceptors (Lipinski definition) is 5. The first kappa shape index (κ1) is 16.7. The number of esters is 1. The molecular weight excluding hydrogens is 278 g/mol. The first-order valence-electron chi connectivity index (χ1n) is 6.54. The number of carbonyl (C=O) groups excluding carboxylic acids is 1. The molecule has 0 fully saturated rings. The van der Waals surface area contributed by atoms with Crippen LogP contribution < -0.4 is 5.32 Å². The predicted molar refractivity (Wildman–Crippen MR) is 78.1 cm³/mol. The molecule has 0 aliphatic carbocycles. The fraction of sp³-hybridized carbons (Fsp3) is 0.500. The average Bonchev–Trinajstić information content (AvgIpc) is 2.43. The van der Waals surface area contributed by atoms with Gasteiger partial charge >= 0.3 is 5.97 Å². The lowest BCUT2D eigenvalue weighted by atomic mass is 10.1. The normalized spacial score (nSPS) is 12.9. The zero-order valence-corrected chi connectivity index (χ0v) is 12.7. The van der Waals surface area contributed by atoms with E-state index < -0.39 is 21.6 Å². The predicted octanol–water partition coefficient (Wildman–Crippen LogP) is 1.32. The zero-order valence-electron chi connectivity index (χ0n) is 11.8. The van der Waals surface area contributed by atoms with Gasteiger partial charge in [0.2, 0.25) is 0 Å². The van der Waals surface area contributed by atoms with Crippen LogP contribution in [0.25, 0.3) is 0 Å². The van der Waals surface area contributed by atoms with Crippen LogP contribution in [0.15, 0.2) is 30.3 Å². The van der Waals surface area contributed by atoms with Crippen LogP contribution in [0.1, 0.15) is 24.9 Å². The monoisotopic (exact) mass is 299 g/mol. The van der Waals surface area contributed by atoms with Crippen molar-refractivity contribution in [1.82, 2.24) is 5.32 Å². The van der Waals surface area contributed by atoms with Crippen LogP contribution in [0.3, 0.4) is 0 Å². The maximum Gasteiger partial charge on any atom is 0.320 e. The van der Waals surface area contributed by atoms with E-state index in [-0.39, 0.29) is 11.8 Å². The molecule has 6 heteroatoms. The molecule has 0 aromatic heterocycles. The first-order chi connectivity index (χ1) is 9.48. The van der Waals surface area contributed by atoms with E-state index >= 15 is 0 Å². The van der Waals surface area contributed by atoms with Crippen LogP contribution in [0, 0.1) is 0 Å². The molecule has 0 saturated heterocycles. The van der Waals surface area contributed by atoms with Crippen LogP contribution in [0.5, 0.6) is 0 Å². The summed E-state index contributed by atoms with van der Waals surface area (Å²) in [7, 11) is -2.33. The Hall–Kier alpha value is -1.40. The molecule has 5 nitrogen and oxygen atoms in total. The Balaban J connectivity index is 2.82. The minimum absolute atomic E-state index is 0.119. The van der Waals surface area contributed by atoms with Crippen LogP contribution in [-0.2, 0) is 19.4 Å². The molecule has 0 heterocycles. The molecule has 1 rings (SSSR count). The molecule has 1 aromatic rings. The highest BCUT2D eigenvalue weighted by Crippen LogP contribution is 2.15. The summed E-state index contributed by atoms with van der Waals surface area (Å²) in [6, 6.07) is 9.04. The molecule has 112 valence electrons. The summed E-state index contributed by atoms with van der Waals surface area (Å²) >= 11 is 0. The van der Waals surface area contributed by atoms with Crippen molar-refractivity contribution in [3.8, 4) is 0 Å². The number of hydrogen-bond donors (Lipinski definition) is 1. The van der Waals surface area contributed by atoms with E-state index in [9.17, 15) is 13.2 Å². The van der Waals surface area contributed by atoms with Gasteiger partial charge in [0, 0.05) is 6.04 Å². The lowest BCUT2D eigenvalue weighted by Crippen LogP contribution is -2.31. The molecular formula is C14H21NO4S. The highest BCUT2D eigenvalue weighted by molar-refractivity contribution is 7.92. The molecule has 1 aromatic carbocycles. The Morgan fingerprint density at radius 1 is 1.30 bits per heavy atom. The Labute approximate surface area is 120 Å². The van der Waals surface area contributed by atoms with Crippen molar-refractivity contribution in [3.05, 3.63) is 35.9 Å². The molecule has 0 spiro atoms. The van der Waals surface area contributed by atoms with E-state index in [0.29, 0.717) is 6.54 Å². The quantitative estimate of drug-likeness (QED) is 0.733. The first-order valence-corrected chi connectivity index (χ1v) is 8.36. The average molecular weight is 299 g/mol. The summed E-state index contributed by atoms with van der Waals surface area (Å²) in [6.45, 7) is 2.73. The molecule has 20 heavy (non-hydrogen) atoms. The van der Waals surface area contributed by atoms with Crippen LogP contribution in [0.4, 0.5) is 0 Å². The SMILES string of the molecule is CCCNC(CS(=O)(=O)CC(=O)OC)c1ccccc1. The van der Waals surface area contributed by atoms with Gasteiger partial charge in [0.15, 0.2) is 9.84 Å². The smallest absolute Gasteiger partial charge is 0.320 e. The lowest BCUT2D eigenvalue weighted by Gasteiger charge is -2.18. The molecule has 0 amide bonds. The van der Waals surface area contributed by atoms with E-state index in [0.717, 1.165) is 12.0 Å². The van der Waals surface area contributed by atoms with E-state index in [4.69, 9.17) is 0 Å².